The van der Waals surface area contributed by atoms with Gasteiger partial charge in [-0.25, -0.2) is 0 Å². The van der Waals surface area contributed by atoms with Gasteiger partial charge < -0.3 is 14.8 Å². The van der Waals surface area contributed by atoms with E-state index in [1.807, 2.05) is 6.07 Å². The van der Waals surface area contributed by atoms with Crippen molar-refractivity contribution in [2.45, 2.75) is 13.0 Å². The summed E-state index contributed by atoms with van der Waals surface area (Å²) in [6.07, 6.45) is -0.779. The summed E-state index contributed by atoms with van der Waals surface area (Å²) in [6, 6.07) is 20.5. The molecular formula is C23H20ClNO4. The van der Waals surface area contributed by atoms with Gasteiger partial charge in [-0.2, -0.15) is 0 Å². The fourth-order valence-corrected chi connectivity index (χ4v) is 2.88. The average molecular weight is 410 g/mol. The summed E-state index contributed by atoms with van der Waals surface area (Å²) in [5.74, 6) is 0.613. The molecule has 6 heteroatoms. The second-order valence-corrected chi connectivity index (χ2v) is 6.75. The predicted molar refractivity (Wildman–Crippen MR) is 113 cm³/mol. The van der Waals surface area contributed by atoms with Crippen LogP contribution in [0.2, 0.25) is 5.02 Å². The fourth-order valence-electron chi connectivity index (χ4n) is 2.70. The van der Waals surface area contributed by atoms with Crippen molar-refractivity contribution in [1.29, 1.82) is 0 Å². The van der Waals surface area contributed by atoms with Crippen LogP contribution in [0.25, 0.3) is 0 Å². The first kappa shape index (κ1) is 20.4. The Morgan fingerprint density at radius 1 is 0.931 bits per heavy atom. The quantitative estimate of drug-likeness (QED) is 0.558. The molecule has 1 atom stereocenters. The Kier molecular flexibility index (Phi) is 6.52. The highest BCUT2D eigenvalue weighted by atomic mass is 35.5. The Hall–Kier alpha value is -3.31. The number of ketones is 1. The maximum Gasteiger partial charge on any atom is 0.265 e. The maximum absolute atomic E-state index is 12.9. The first-order valence-electron chi connectivity index (χ1n) is 8.99. The minimum absolute atomic E-state index is 0.230. The lowest BCUT2D eigenvalue weighted by atomic mass is 10.0. The third kappa shape index (κ3) is 5.15. The molecule has 0 aliphatic rings. The van der Waals surface area contributed by atoms with Crippen molar-refractivity contribution < 1.29 is 19.1 Å². The lowest BCUT2D eigenvalue weighted by Crippen LogP contribution is -2.30. The van der Waals surface area contributed by atoms with Crippen molar-refractivity contribution in [2.24, 2.45) is 0 Å². The number of hydrogen-bond acceptors (Lipinski definition) is 4. The van der Waals surface area contributed by atoms with Crippen molar-refractivity contribution >= 4 is 29.0 Å². The lowest BCUT2D eigenvalue weighted by Gasteiger charge is -2.17. The summed E-state index contributed by atoms with van der Waals surface area (Å²) in [6.45, 7) is 1.63. The molecular weight excluding hydrogens is 390 g/mol. The van der Waals surface area contributed by atoms with Gasteiger partial charge in [0.2, 0.25) is 0 Å². The Labute approximate surface area is 174 Å². The Balaban J connectivity index is 1.76. The minimum Gasteiger partial charge on any atom is -0.497 e. The molecule has 0 radical (unpaired) electrons. The van der Waals surface area contributed by atoms with E-state index in [9.17, 15) is 9.59 Å². The van der Waals surface area contributed by atoms with Crippen molar-refractivity contribution in [3.63, 3.8) is 0 Å². The number of nitrogens with one attached hydrogen (secondary N) is 1. The van der Waals surface area contributed by atoms with E-state index < -0.39 is 6.10 Å². The summed E-state index contributed by atoms with van der Waals surface area (Å²) < 4.78 is 10.8. The molecule has 0 saturated heterocycles. The van der Waals surface area contributed by atoms with E-state index in [1.165, 1.54) is 0 Å². The van der Waals surface area contributed by atoms with Crippen molar-refractivity contribution in [3.8, 4) is 11.5 Å². The van der Waals surface area contributed by atoms with Gasteiger partial charge in [-0.05, 0) is 49.4 Å². The highest BCUT2D eigenvalue weighted by Gasteiger charge is 2.20. The normalized spacial score (nSPS) is 11.4. The summed E-state index contributed by atoms with van der Waals surface area (Å²) >= 11 is 6.08. The van der Waals surface area contributed by atoms with Crippen LogP contribution >= 0.6 is 11.6 Å². The van der Waals surface area contributed by atoms with E-state index >= 15 is 0 Å². The third-order valence-electron chi connectivity index (χ3n) is 4.26. The molecule has 3 aromatic carbocycles. The average Bonchev–Trinajstić information content (AvgIpc) is 2.75. The molecule has 0 aliphatic carbocycles. The monoisotopic (exact) mass is 409 g/mol. The molecule has 29 heavy (non-hydrogen) atoms. The highest BCUT2D eigenvalue weighted by Crippen LogP contribution is 2.24. The van der Waals surface area contributed by atoms with Crippen LogP contribution in [-0.4, -0.2) is 24.9 Å². The maximum atomic E-state index is 12.9. The molecule has 1 N–H and O–H groups in total. The number of methoxy groups -OCH3 is 1. The number of rotatable bonds is 7. The first-order chi connectivity index (χ1) is 14.0. The van der Waals surface area contributed by atoms with Crippen LogP contribution in [0.5, 0.6) is 11.5 Å². The Bertz CT molecular complexity index is 1000. The molecule has 0 aliphatic heterocycles. The summed E-state index contributed by atoms with van der Waals surface area (Å²) in [4.78, 5) is 25.5. The standard InChI is InChI=1S/C23H20ClNO4/c1-15(29-19-11-9-18(28-2)10-12-19)23(27)25-21-13-8-17(24)14-20(21)22(26)16-6-4-3-5-7-16/h3-15H,1-2H3,(H,25,27)/t15-/m1/s1. The van der Waals surface area contributed by atoms with Crippen LogP contribution in [0.15, 0.2) is 72.8 Å². The zero-order chi connectivity index (χ0) is 20.8. The molecule has 0 fully saturated rings. The topological polar surface area (TPSA) is 64.6 Å². The molecule has 0 bridgehead atoms. The smallest absolute Gasteiger partial charge is 0.265 e. The zero-order valence-electron chi connectivity index (χ0n) is 16.0. The third-order valence-corrected chi connectivity index (χ3v) is 4.50. The molecule has 3 aromatic rings. The molecule has 0 heterocycles. The number of anilines is 1. The molecule has 1 amide bonds. The molecule has 3 rings (SSSR count). The summed E-state index contributed by atoms with van der Waals surface area (Å²) in [5, 5.41) is 3.17. The van der Waals surface area contributed by atoms with Crippen LogP contribution in [0, 0.1) is 0 Å². The van der Waals surface area contributed by atoms with Gasteiger partial charge in [0.15, 0.2) is 11.9 Å². The first-order valence-corrected chi connectivity index (χ1v) is 9.36. The predicted octanol–water partition coefficient (Wildman–Crippen LogP) is 4.99. The van der Waals surface area contributed by atoms with Crippen LogP contribution < -0.4 is 14.8 Å². The fraction of sp³-hybridized carbons (Fsp3) is 0.130. The lowest BCUT2D eigenvalue weighted by molar-refractivity contribution is -0.122. The van der Waals surface area contributed by atoms with Crippen LogP contribution in [0.1, 0.15) is 22.8 Å². The zero-order valence-corrected chi connectivity index (χ0v) is 16.8. The van der Waals surface area contributed by atoms with Crippen LogP contribution in [-0.2, 0) is 4.79 Å². The van der Waals surface area contributed by atoms with E-state index in [0.717, 1.165) is 0 Å². The van der Waals surface area contributed by atoms with Crippen LogP contribution in [0.4, 0.5) is 5.69 Å². The van der Waals surface area contributed by atoms with Crippen molar-refractivity contribution in [3.05, 3.63) is 88.9 Å². The van der Waals surface area contributed by atoms with Gasteiger partial charge in [0.05, 0.1) is 12.8 Å². The number of ether oxygens (including phenoxy) is 2. The molecule has 0 aromatic heterocycles. The van der Waals surface area contributed by atoms with E-state index in [0.29, 0.717) is 33.3 Å². The van der Waals surface area contributed by atoms with Gasteiger partial charge >= 0.3 is 0 Å². The molecule has 148 valence electrons. The van der Waals surface area contributed by atoms with Crippen molar-refractivity contribution in [2.75, 3.05) is 12.4 Å². The number of benzene rings is 3. The number of amides is 1. The largest absolute Gasteiger partial charge is 0.497 e. The van der Waals surface area contributed by atoms with Gasteiger partial charge in [0, 0.05) is 16.1 Å². The van der Waals surface area contributed by atoms with Gasteiger partial charge in [-0.3, -0.25) is 9.59 Å². The van der Waals surface area contributed by atoms with E-state index in [2.05, 4.69) is 5.32 Å². The number of halogens is 1. The minimum atomic E-state index is -0.779. The van der Waals surface area contributed by atoms with E-state index in [4.69, 9.17) is 21.1 Å². The van der Waals surface area contributed by atoms with Gasteiger partial charge in [-0.1, -0.05) is 41.9 Å². The molecule has 0 unspecified atom stereocenters. The summed E-state index contributed by atoms with van der Waals surface area (Å²) in [7, 11) is 1.58. The van der Waals surface area contributed by atoms with Gasteiger partial charge in [-0.15, -0.1) is 0 Å². The number of carbonyl (C=O) groups is 2. The Morgan fingerprint density at radius 2 is 1.59 bits per heavy atom. The number of carbonyl (C=O) groups excluding carboxylic acids is 2. The Morgan fingerprint density at radius 3 is 2.24 bits per heavy atom. The molecule has 0 spiro atoms. The number of hydrogen-bond donors (Lipinski definition) is 1. The second-order valence-electron chi connectivity index (χ2n) is 6.31. The highest BCUT2D eigenvalue weighted by molar-refractivity contribution is 6.31. The van der Waals surface area contributed by atoms with Crippen molar-refractivity contribution in [1.82, 2.24) is 0 Å². The van der Waals surface area contributed by atoms with E-state index in [-0.39, 0.29) is 11.7 Å². The van der Waals surface area contributed by atoms with Crippen LogP contribution in [0.3, 0.4) is 0 Å². The summed E-state index contributed by atoms with van der Waals surface area (Å²) in [5.41, 5.74) is 1.19. The van der Waals surface area contributed by atoms with Gasteiger partial charge in [0.1, 0.15) is 11.5 Å². The van der Waals surface area contributed by atoms with E-state index in [1.54, 1.807) is 80.8 Å². The second kappa shape index (κ2) is 9.26. The molecule has 0 saturated carbocycles. The van der Waals surface area contributed by atoms with Gasteiger partial charge in [0.25, 0.3) is 5.91 Å². The SMILES string of the molecule is COc1ccc(O[C@H](C)C(=O)Nc2ccc(Cl)cc2C(=O)c2ccccc2)cc1. The molecule has 5 nitrogen and oxygen atoms in total.